The number of amides is 1. The van der Waals surface area contributed by atoms with E-state index in [1.54, 1.807) is 30.5 Å². The first-order valence-electron chi connectivity index (χ1n) is 10.5. The number of rotatable bonds is 9. The van der Waals surface area contributed by atoms with E-state index in [0.29, 0.717) is 39.4 Å². The summed E-state index contributed by atoms with van der Waals surface area (Å²) in [6, 6.07) is 7.00. The minimum Gasteiger partial charge on any atom is -0.361 e. The summed E-state index contributed by atoms with van der Waals surface area (Å²) in [5, 5.41) is 10.9. The fourth-order valence-electron chi connectivity index (χ4n) is 3.50. The standard InChI is InChI=1S/C23H27Cl2N5O2/c1-5-30(6-2)11-10-27-23(31)17-8-7-9-26-22(17)28-21-18(24)12-16(13-19(21)25)20-14(3)29-32-15(20)4/h7-9,12-13H,5-6,10-11H2,1-4H3,(H,26,28)(H,27,31). The molecule has 0 fully saturated rings. The van der Waals surface area contributed by atoms with Crippen LogP contribution in [0.25, 0.3) is 11.1 Å². The zero-order valence-electron chi connectivity index (χ0n) is 18.6. The van der Waals surface area contributed by atoms with Crippen molar-refractivity contribution >= 4 is 40.6 Å². The Morgan fingerprint density at radius 2 is 1.84 bits per heavy atom. The third-order valence-electron chi connectivity index (χ3n) is 5.27. The maximum Gasteiger partial charge on any atom is 0.255 e. The number of aromatic nitrogens is 2. The first-order valence-corrected chi connectivity index (χ1v) is 11.3. The summed E-state index contributed by atoms with van der Waals surface area (Å²) >= 11 is 13.1. The summed E-state index contributed by atoms with van der Waals surface area (Å²) in [5.74, 6) is 0.845. The fourth-order valence-corrected chi connectivity index (χ4v) is 4.08. The van der Waals surface area contributed by atoms with E-state index >= 15 is 0 Å². The van der Waals surface area contributed by atoms with Crippen molar-refractivity contribution in [2.75, 3.05) is 31.5 Å². The lowest BCUT2D eigenvalue weighted by Crippen LogP contribution is -2.35. The predicted molar refractivity (Wildman–Crippen MR) is 129 cm³/mol. The lowest BCUT2D eigenvalue weighted by atomic mass is 10.0. The van der Waals surface area contributed by atoms with Gasteiger partial charge in [0.05, 0.1) is 27.0 Å². The molecule has 0 spiro atoms. The van der Waals surface area contributed by atoms with Crippen LogP contribution in [0.15, 0.2) is 35.0 Å². The van der Waals surface area contributed by atoms with Crippen LogP contribution in [0.5, 0.6) is 0 Å². The van der Waals surface area contributed by atoms with Crippen LogP contribution in [-0.2, 0) is 0 Å². The fraction of sp³-hybridized carbons (Fsp3) is 0.348. The van der Waals surface area contributed by atoms with Gasteiger partial charge in [-0.25, -0.2) is 4.98 Å². The van der Waals surface area contributed by atoms with Crippen LogP contribution in [-0.4, -0.2) is 47.1 Å². The number of likely N-dealkylation sites (N-methyl/N-ethyl adjacent to an activating group) is 1. The van der Waals surface area contributed by atoms with Crippen LogP contribution < -0.4 is 10.6 Å². The number of benzene rings is 1. The zero-order valence-corrected chi connectivity index (χ0v) is 20.1. The summed E-state index contributed by atoms with van der Waals surface area (Å²) in [6.07, 6.45) is 1.61. The van der Waals surface area contributed by atoms with Crippen LogP contribution in [0.4, 0.5) is 11.5 Å². The average Bonchev–Trinajstić information content (AvgIpc) is 3.11. The van der Waals surface area contributed by atoms with Gasteiger partial charge in [-0.1, -0.05) is 42.2 Å². The van der Waals surface area contributed by atoms with Gasteiger partial charge in [0, 0.05) is 24.8 Å². The normalized spacial score (nSPS) is 11.1. The Bertz CT molecular complexity index is 1050. The minimum atomic E-state index is -0.215. The summed E-state index contributed by atoms with van der Waals surface area (Å²) in [6.45, 7) is 11.1. The Morgan fingerprint density at radius 3 is 2.44 bits per heavy atom. The smallest absolute Gasteiger partial charge is 0.255 e. The lowest BCUT2D eigenvalue weighted by Gasteiger charge is -2.18. The van der Waals surface area contributed by atoms with Gasteiger partial charge in [-0.2, -0.15) is 0 Å². The van der Waals surface area contributed by atoms with Crippen molar-refractivity contribution in [3.8, 4) is 11.1 Å². The second-order valence-electron chi connectivity index (χ2n) is 7.32. The van der Waals surface area contributed by atoms with E-state index in [1.807, 2.05) is 13.8 Å². The molecule has 0 atom stereocenters. The highest BCUT2D eigenvalue weighted by atomic mass is 35.5. The second kappa shape index (κ2) is 10.8. The molecule has 0 radical (unpaired) electrons. The van der Waals surface area contributed by atoms with E-state index in [2.05, 4.69) is 39.5 Å². The van der Waals surface area contributed by atoms with Gasteiger partial charge in [-0.05, 0) is 56.8 Å². The van der Waals surface area contributed by atoms with Gasteiger partial charge in [0.2, 0.25) is 0 Å². The van der Waals surface area contributed by atoms with E-state index in [4.69, 9.17) is 27.7 Å². The Kier molecular flexibility index (Phi) is 8.12. The SMILES string of the molecule is CCN(CC)CCNC(=O)c1cccnc1Nc1c(Cl)cc(-c2c(C)noc2C)cc1Cl. The maximum absolute atomic E-state index is 12.8. The highest BCUT2D eigenvalue weighted by Gasteiger charge is 2.18. The molecule has 0 aliphatic heterocycles. The van der Waals surface area contributed by atoms with Gasteiger partial charge in [0.15, 0.2) is 0 Å². The van der Waals surface area contributed by atoms with Crippen molar-refractivity contribution in [1.82, 2.24) is 20.4 Å². The van der Waals surface area contributed by atoms with Crippen LogP contribution in [0.1, 0.15) is 35.7 Å². The predicted octanol–water partition coefficient (Wildman–Crippen LogP) is 5.48. The van der Waals surface area contributed by atoms with Crippen LogP contribution in [0, 0.1) is 13.8 Å². The summed E-state index contributed by atoms with van der Waals surface area (Å²) in [4.78, 5) is 19.3. The number of hydrogen-bond acceptors (Lipinski definition) is 6. The molecule has 32 heavy (non-hydrogen) atoms. The van der Waals surface area contributed by atoms with Gasteiger partial charge in [-0.3, -0.25) is 4.79 Å². The third-order valence-corrected chi connectivity index (χ3v) is 5.86. The zero-order chi connectivity index (χ0) is 23.3. The average molecular weight is 476 g/mol. The molecule has 2 aromatic heterocycles. The first-order chi connectivity index (χ1) is 15.3. The van der Waals surface area contributed by atoms with Gasteiger partial charge in [0.25, 0.3) is 5.91 Å². The number of nitrogens with one attached hydrogen (secondary N) is 2. The maximum atomic E-state index is 12.8. The molecule has 2 heterocycles. The van der Waals surface area contributed by atoms with Crippen molar-refractivity contribution in [1.29, 1.82) is 0 Å². The van der Waals surface area contributed by atoms with Crippen molar-refractivity contribution in [3.63, 3.8) is 0 Å². The Morgan fingerprint density at radius 1 is 1.16 bits per heavy atom. The molecule has 2 N–H and O–H groups in total. The number of halogens is 2. The molecule has 0 saturated heterocycles. The van der Waals surface area contributed by atoms with Gasteiger partial charge >= 0.3 is 0 Å². The molecule has 0 bridgehead atoms. The molecule has 0 saturated carbocycles. The van der Waals surface area contributed by atoms with E-state index in [9.17, 15) is 4.79 Å². The number of pyridine rings is 1. The summed E-state index contributed by atoms with van der Waals surface area (Å²) in [5.41, 5.74) is 3.29. The quantitative estimate of drug-likeness (QED) is 0.426. The minimum absolute atomic E-state index is 0.215. The molecular formula is C23H27Cl2N5O2. The largest absolute Gasteiger partial charge is 0.361 e. The molecule has 170 valence electrons. The molecule has 3 rings (SSSR count). The van der Waals surface area contributed by atoms with E-state index < -0.39 is 0 Å². The number of carbonyl (C=O) groups is 1. The van der Waals surface area contributed by atoms with E-state index in [1.165, 1.54) is 0 Å². The number of nitrogens with zero attached hydrogens (tertiary/aromatic N) is 3. The topological polar surface area (TPSA) is 83.3 Å². The number of anilines is 2. The number of aryl methyl sites for hydroxylation is 2. The monoisotopic (exact) mass is 475 g/mol. The summed E-state index contributed by atoms with van der Waals surface area (Å²) < 4.78 is 5.25. The van der Waals surface area contributed by atoms with E-state index in [0.717, 1.165) is 36.5 Å². The van der Waals surface area contributed by atoms with Crippen LogP contribution in [0.3, 0.4) is 0 Å². The van der Waals surface area contributed by atoms with Gasteiger partial charge in [-0.15, -0.1) is 0 Å². The molecule has 7 nitrogen and oxygen atoms in total. The highest BCUT2D eigenvalue weighted by Crippen LogP contribution is 2.39. The summed E-state index contributed by atoms with van der Waals surface area (Å²) in [7, 11) is 0. The lowest BCUT2D eigenvalue weighted by molar-refractivity contribution is 0.0949. The van der Waals surface area contributed by atoms with Crippen molar-refractivity contribution < 1.29 is 9.32 Å². The second-order valence-corrected chi connectivity index (χ2v) is 8.14. The number of hydrogen-bond donors (Lipinski definition) is 2. The first kappa shape index (κ1) is 24.0. The Labute approximate surface area is 198 Å². The molecule has 0 aliphatic carbocycles. The molecule has 1 amide bonds. The third kappa shape index (κ3) is 5.41. The van der Waals surface area contributed by atoms with Crippen LogP contribution >= 0.6 is 23.2 Å². The molecule has 0 unspecified atom stereocenters. The van der Waals surface area contributed by atoms with Gasteiger partial charge < -0.3 is 20.1 Å². The molecule has 9 heteroatoms. The van der Waals surface area contributed by atoms with Crippen molar-refractivity contribution in [3.05, 3.63) is 57.5 Å². The van der Waals surface area contributed by atoms with E-state index in [-0.39, 0.29) is 5.91 Å². The molecule has 0 aliphatic rings. The molecule has 1 aromatic carbocycles. The van der Waals surface area contributed by atoms with Crippen LogP contribution in [0.2, 0.25) is 10.0 Å². The molecular weight excluding hydrogens is 449 g/mol. The highest BCUT2D eigenvalue weighted by molar-refractivity contribution is 6.39. The van der Waals surface area contributed by atoms with Crippen molar-refractivity contribution in [2.24, 2.45) is 0 Å². The van der Waals surface area contributed by atoms with Gasteiger partial charge in [0.1, 0.15) is 11.6 Å². The van der Waals surface area contributed by atoms with Crippen molar-refractivity contribution in [2.45, 2.75) is 27.7 Å². The molecule has 3 aromatic rings. The Hall–Kier alpha value is -2.61. The Balaban J connectivity index is 1.82. The number of carbonyl (C=O) groups excluding carboxylic acids is 1.